The van der Waals surface area contributed by atoms with Crippen LogP contribution in [0, 0.1) is 0 Å². The van der Waals surface area contributed by atoms with E-state index in [1.165, 1.54) is 0 Å². The largest absolute Gasteiger partial charge is 0.388 e. The summed E-state index contributed by atoms with van der Waals surface area (Å²) in [7, 11) is 0. The van der Waals surface area contributed by atoms with Crippen LogP contribution in [0.4, 0.5) is 0 Å². The molecule has 4 nitrogen and oxygen atoms in total. The van der Waals surface area contributed by atoms with Crippen LogP contribution in [0.25, 0.3) is 0 Å². The number of rotatable bonds is 4. The van der Waals surface area contributed by atoms with E-state index in [4.69, 9.17) is 4.74 Å². The molecule has 0 saturated carbocycles. The smallest absolute Gasteiger partial charge is 0.252 e. The summed E-state index contributed by atoms with van der Waals surface area (Å²) in [5.74, 6) is -0.134. The second-order valence-corrected chi connectivity index (χ2v) is 5.57. The first-order chi connectivity index (χ1) is 9.14. The highest BCUT2D eigenvalue weighted by Gasteiger charge is 2.30. The van der Waals surface area contributed by atoms with Gasteiger partial charge in [-0.3, -0.25) is 4.79 Å². The number of hydrogen-bond acceptors (Lipinski definition) is 4. The molecular weight excluding hydrogens is 262 g/mol. The van der Waals surface area contributed by atoms with Crippen LogP contribution >= 0.6 is 11.8 Å². The van der Waals surface area contributed by atoms with Gasteiger partial charge in [-0.15, -0.1) is 11.8 Å². The van der Waals surface area contributed by atoms with Gasteiger partial charge in [-0.1, -0.05) is 12.1 Å². The lowest BCUT2D eigenvalue weighted by atomic mass is 9.94. The van der Waals surface area contributed by atoms with Crippen molar-refractivity contribution in [3.8, 4) is 0 Å². The summed E-state index contributed by atoms with van der Waals surface area (Å²) < 4.78 is 5.22. The van der Waals surface area contributed by atoms with E-state index in [2.05, 4.69) is 5.32 Å². The number of ether oxygens (including phenoxy) is 1. The van der Waals surface area contributed by atoms with Crippen LogP contribution in [0.2, 0.25) is 0 Å². The van der Waals surface area contributed by atoms with E-state index in [1.807, 2.05) is 24.5 Å². The predicted octanol–water partition coefficient (Wildman–Crippen LogP) is 1.68. The molecule has 0 atom stereocenters. The van der Waals surface area contributed by atoms with Crippen molar-refractivity contribution in [2.45, 2.75) is 23.3 Å². The fraction of sp³-hybridized carbons (Fsp3) is 0.500. The second kappa shape index (κ2) is 6.41. The van der Waals surface area contributed by atoms with Gasteiger partial charge in [-0.25, -0.2) is 0 Å². The maximum absolute atomic E-state index is 12.1. The van der Waals surface area contributed by atoms with Crippen LogP contribution in [0.5, 0.6) is 0 Å². The Hall–Kier alpha value is -1.04. The maximum atomic E-state index is 12.1. The van der Waals surface area contributed by atoms with Crippen LogP contribution in [0.1, 0.15) is 23.2 Å². The molecule has 0 spiro atoms. The van der Waals surface area contributed by atoms with Crippen molar-refractivity contribution in [1.82, 2.24) is 5.32 Å². The van der Waals surface area contributed by atoms with Crippen molar-refractivity contribution < 1.29 is 14.6 Å². The van der Waals surface area contributed by atoms with E-state index in [9.17, 15) is 9.90 Å². The molecule has 0 aromatic heterocycles. The van der Waals surface area contributed by atoms with E-state index in [0.717, 1.165) is 4.90 Å². The topological polar surface area (TPSA) is 58.6 Å². The van der Waals surface area contributed by atoms with E-state index in [0.29, 0.717) is 31.6 Å². The van der Waals surface area contributed by atoms with E-state index < -0.39 is 5.60 Å². The third-order valence-corrected chi connectivity index (χ3v) is 4.15. The van der Waals surface area contributed by atoms with Gasteiger partial charge in [0.15, 0.2) is 0 Å². The molecule has 2 N–H and O–H groups in total. The van der Waals surface area contributed by atoms with Crippen LogP contribution in [-0.4, -0.2) is 42.6 Å². The minimum absolute atomic E-state index is 0.134. The van der Waals surface area contributed by atoms with Crippen molar-refractivity contribution in [1.29, 1.82) is 0 Å². The molecule has 0 bridgehead atoms. The van der Waals surface area contributed by atoms with Gasteiger partial charge < -0.3 is 15.2 Å². The summed E-state index contributed by atoms with van der Waals surface area (Å²) in [5.41, 5.74) is -0.173. The lowest BCUT2D eigenvalue weighted by molar-refractivity contribution is -0.0605. The summed E-state index contributed by atoms with van der Waals surface area (Å²) in [6.07, 6.45) is 3.08. The van der Waals surface area contributed by atoms with Gasteiger partial charge in [0.05, 0.1) is 11.2 Å². The van der Waals surface area contributed by atoms with Crippen molar-refractivity contribution in [2.75, 3.05) is 26.0 Å². The van der Waals surface area contributed by atoms with Crippen LogP contribution < -0.4 is 5.32 Å². The van der Waals surface area contributed by atoms with Gasteiger partial charge in [-0.05, 0) is 18.4 Å². The van der Waals surface area contributed by atoms with E-state index in [-0.39, 0.29) is 12.5 Å². The number of hydrogen-bond donors (Lipinski definition) is 2. The lowest BCUT2D eigenvalue weighted by Gasteiger charge is -2.32. The molecule has 1 aliphatic rings. The first-order valence-corrected chi connectivity index (χ1v) is 7.58. The lowest BCUT2D eigenvalue weighted by Crippen LogP contribution is -2.46. The molecule has 1 heterocycles. The molecule has 1 aromatic carbocycles. The van der Waals surface area contributed by atoms with Gasteiger partial charge in [0.2, 0.25) is 0 Å². The molecule has 19 heavy (non-hydrogen) atoms. The molecule has 5 heteroatoms. The number of aliphatic hydroxyl groups is 1. The molecular formula is C14H19NO3S. The van der Waals surface area contributed by atoms with E-state index >= 15 is 0 Å². The molecule has 0 radical (unpaired) electrons. The van der Waals surface area contributed by atoms with Crippen molar-refractivity contribution >= 4 is 17.7 Å². The van der Waals surface area contributed by atoms with Gasteiger partial charge >= 0.3 is 0 Å². The highest BCUT2D eigenvalue weighted by molar-refractivity contribution is 7.98. The molecule has 2 rings (SSSR count). The fourth-order valence-electron chi connectivity index (χ4n) is 2.10. The molecule has 0 aliphatic carbocycles. The van der Waals surface area contributed by atoms with Gasteiger partial charge in [0.1, 0.15) is 0 Å². The normalized spacial score (nSPS) is 18.0. The molecule has 104 valence electrons. The highest BCUT2D eigenvalue weighted by Crippen LogP contribution is 2.21. The Labute approximate surface area is 117 Å². The Balaban J connectivity index is 1.97. The zero-order chi connectivity index (χ0) is 13.7. The van der Waals surface area contributed by atoms with Crippen LogP contribution in [0.15, 0.2) is 29.2 Å². The summed E-state index contributed by atoms with van der Waals surface area (Å²) in [4.78, 5) is 13.1. The Bertz CT molecular complexity index is 444. The number of amides is 1. The molecule has 1 amide bonds. The van der Waals surface area contributed by atoms with Gasteiger partial charge in [0.25, 0.3) is 5.91 Å². The summed E-state index contributed by atoms with van der Waals surface area (Å²) in [5, 5.41) is 13.1. The highest BCUT2D eigenvalue weighted by atomic mass is 32.2. The van der Waals surface area contributed by atoms with Crippen molar-refractivity contribution in [2.24, 2.45) is 0 Å². The number of thioether (sulfide) groups is 1. The van der Waals surface area contributed by atoms with Gasteiger partial charge in [0, 0.05) is 37.5 Å². The predicted molar refractivity (Wildman–Crippen MR) is 75.6 cm³/mol. The zero-order valence-corrected chi connectivity index (χ0v) is 11.8. The quantitative estimate of drug-likeness (QED) is 0.824. The number of benzene rings is 1. The Morgan fingerprint density at radius 1 is 1.42 bits per heavy atom. The molecule has 1 aliphatic heterocycles. The van der Waals surface area contributed by atoms with Gasteiger partial charge in [-0.2, -0.15) is 0 Å². The maximum Gasteiger partial charge on any atom is 0.252 e. The SMILES string of the molecule is CSc1ccccc1C(=O)NCC1(O)CCOCC1. The third-order valence-electron chi connectivity index (χ3n) is 3.35. The zero-order valence-electron chi connectivity index (χ0n) is 11.0. The van der Waals surface area contributed by atoms with E-state index in [1.54, 1.807) is 17.8 Å². The first kappa shape index (κ1) is 14.4. The summed E-state index contributed by atoms with van der Waals surface area (Å²) >= 11 is 1.54. The number of carbonyl (C=O) groups excluding carboxylic acids is 1. The minimum Gasteiger partial charge on any atom is -0.388 e. The van der Waals surface area contributed by atoms with Crippen LogP contribution in [-0.2, 0) is 4.74 Å². The Morgan fingerprint density at radius 3 is 2.79 bits per heavy atom. The minimum atomic E-state index is -0.831. The summed E-state index contributed by atoms with van der Waals surface area (Å²) in [6, 6.07) is 7.48. The average molecular weight is 281 g/mol. The number of carbonyl (C=O) groups is 1. The van der Waals surface area contributed by atoms with Crippen LogP contribution in [0.3, 0.4) is 0 Å². The molecule has 1 saturated heterocycles. The molecule has 1 fully saturated rings. The second-order valence-electron chi connectivity index (χ2n) is 4.72. The van der Waals surface area contributed by atoms with Crippen molar-refractivity contribution in [3.05, 3.63) is 29.8 Å². The third kappa shape index (κ3) is 3.72. The fourth-order valence-corrected chi connectivity index (χ4v) is 2.70. The Morgan fingerprint density at radius 2 is 2.11 bits per heavy atom. The first-order valence-electron chi connectivity index (χ1n) is 6.36. The average Bonchev–Trinajstić information content (AvgIpc) is 2.45. The molecule has 0 unspecified atom stereocenters. The molecule has 1 aromatic rings. The standard InChI is InChI=1S/C14H19NO3S/c1-19-12-5-3-2-4-11(12)13(16)15-10-14(17)6-8-18-9-7-14/h2-5,17H,6-10H2,1H3,(H,15,16). The monoisotopic (exact) mass is 281 g/mol. The Kier molecular flexibility index (Phi) is 4.85. The van der Waals surface area contributed by atoms with Crippen molar-refractivity contribution in [3.63, 3.8) is 0 Å². The summed E-state index contributed by atoms with van der Waals surface area (Å²) in [6.45, 7) is 1.37. The number of nitrogens with one attached hydrogen (secondary N) is 1.